The Labute approximate surface area is 387 Å². The van der Waals surface area contributed by atoms with Crippen molar-refractivity contribution in [2.45, 2.75) is 5.41 Å². The second-order valence-corrected chi connectivity index (χ2v) is 17.2. The number of benzene rings is 11. The van der Waals surface area contributed by atoms with Crippen LogP contribution in [0.5, 0.6) is 0 Å². The van der Waals surface area contributed by atoms with E-state index in [9.17, 15) is 0 Å². The number of rotatable bonds is 9. The number of nitrogens with zero attached hydrogens (tertiary/aromatic N) is 1. The summed E-state index contributed by atoms with van der Waals surface area (Å²) in [5.74, 6) is 0. The third-order valence-electron chi connectivity index (χ3n) is 13.5. The molecule has 0 atom stereocenters. The van der Waals surface area contributed by atoms with Crippen molar-refractivity contribution in [2.24, 2.45) is 0 Å². The molecule has 1 aliphatic rings. The van der Waals surface area contributed by atoms with E-state index in [0.717, 1.165) is 17.1 Å². The summed E-state index contributed by atoms with van der Waals surface area (Å²) in [6.07, 6.45) is 0. The molecule has 0 saturated carbocycles. The van der Waals surface area contributed by atoms with E-state index in [0.29, 0.717) is 0 Å². The molecule has 0 amide bonds. The molecule has 0 heterocycles. The monoisotopic (exact) mass is 839 g/mol. The van der Waals surface area contributed by atoms with Gasteiger partial charge in [-0.15, -0.1) is 0 Å². The third-order valence-corrected chi connectivity index (χ3v) is 13.5. The van der Waals surface area contributed by atoms with Gasteiger partial charge >= 0.3 is 0 Å². The molecule has 66 heavy (non-hydrogen) atoms. The van der Waals surface area contributed by atoms with Gasteiger partial charge in [-0.1, -0.05) is 237 Å². The van der Waals surface area contributed by atoms with Crippen LogP contribution in [0.2, 0.25) is 0 Å². The highest BCUT2D eigenvalue weighted by atomic mass is 15.1. The highest BCUT2D eigenvalue weighted by molar-refractivity contribution is 6.08. The normalized spacial score (nSPS) is 12.4. The van der Waals surface area contributed by atoms with Crippen LogP contribution in [-0.2, 0) is 5.41 Å². The molecule has 0 radical (unpaired) electrons. The fourth-order valence-electron chi connectivity index (χ4n) is 10.5. The molecule has 0 saturated heterocycles. The Hall–Kier alpha value is -8.52. The minimum atomic E-state index is -0.633. The van der Waals surface area contributed by atoms with Crippen LogP contribution in [0, 0.1) is 0 Å². The largest absolute Gasteiger partial charge is 0.310 e. The lowest BCUT2D eigenvalue weighted by atomic mass is 9.66. The van der Waals surface area contributed by atoms with Crippen molar-refractivity contribution in [3.05, 3.63) is 295 Å². The van der Waals surface area contributed by atoms with Crippen molar-refractivity contribution in [2.75, 3.05) is 4.90 Å². The molecule has 0 N–H and O–H groups in total. The van der Waals surface area contributed by atoms with E-state index in [1.54, 1.807) is 0 Å². The quantitative estimate of drug-likeness (QED) is 0.140. The van der Waals surface area contributed by atoms with Gasteiger partial charge in [0.1, 0.15) is 0 Å². The third kappa shape index (κ3) is 6.64. The summed E-state index contributed by atoms with van der Waals surface area (Å²) >= 11 is 0. The van der Waals surface area contributed by atoms with Gasteiger partial charge in [-0.2, -0.15) is 0 Å². The van der Waals surface area contributed by atoms with Crippen LogP contribution in [0.1, 0.15) is 22.3 Å². The van der Waals surface area contributed by atoms with Crippen LogP contribution >= 0.6 is 0 Å². The molecule has 1 aliphatic carbocycles. The minimum absolute atomic E-state index is 0.633. The van der Waals surface area contributed by atoms with Crippen molar-refractivity contribution in [1.82, 2.24) is 0 Å². The van der Waals surface area contributed by atoms with Crippen LogP contribution in [0.15, 0.2) is 273 Å². The molecular weight excluding hydrogens is 795 g/mol. The fourth-order valence-corrected chi connectivity index (χ4v) is 10.5. The van der Waals surface area contributed by atoms with Gasteiger partial charge in [-0.05, 0) is 119 Å². The number of fused-ring (bicyclic) bond motifs is 5. The van der Waals surface area contributed by atoms with Gasteiger partial charge in [0.05, 0.1) is 11.1 Å². The van der Waals surface area contributed by atoms with Crippen molar-refractivity contribution in [3.63, 3.8) is 0 Å². The van der Waals surface area contributed by atoms with E-state index in [-0.39, 0.29) is 0 Å². The van der Waals surface area contributed by atoms with Gasteiger partial charge in [0.25, 0.3) is 0 Å². The van der Waals surface area contributed by atoms with Crippen molar-refractivity contribution >= 4 is 27.8 Å². The van der Waals surface area contributed by atoms with Gasteiger partial charge < -0.3 is 4.90 Å². The lowest BCUT2D eigenvalue weighted by Crippen LogP contribution is -2.29. The average Bonchev–Trinajstić information content (AvgIpc) is 3.72. The predicted octanol–water partition coefficient (Wildman–Crippen LogP) is 17.3. The number of anilines is 3. The molecule has 0 aromatic heterocycles. The minimum Gasteiger partial charge on any atom is -0.310 e. The summed E-state index contributed by atoms with van der Waals surface area (Å²) in [6, 6.07) is 100. The molecule has 0 bridgehead atoms. The summed E-state index contributed by atoms with van der Waals surface area (Å²) in [5.41, 5.74) is 19.8. The van der Waals surface area contributed by atoms with Gasteiger partial charge in [-0.25, -0.2) is 0 Å². The average molecular weight is 840 g/mol. The molecular formula is C65H45N. The van der Waals surface area contributed by atoms with Crippen LogP contribution in [0.3, 0.4) is 0 Å². The molecule has 12 rings (SSSR count). The standard InChI is InChI=1S/C65H45N/c1-6-18-46(19-7-1)49-30-32-50(33-31-49)52-36-41-58(42-37-52)66(57-39-34-51(35-40-57)47-20-8-2-9-21-47)62-45-54-24-16-17-29-59(54)64-63(62)60-43-38-53(48-22-10-3-11-23-48)44-61(60)65(64,55-25-12-4-13-26-55)56-27-14-5-15-28-56/h1-45H. The molecule has 0 fully saturated rings. The molecule has 11 aromatic rings. The first-order valence-electron chi connectivity index (χ1n) is 22.8. The maximum Gasteiger partial charge on any atom is 0.0720 e. The molecule has 1 heteroatoms. The van der Waals surface area contributed by atoms with Crippen molar-refractivity contribution in [3.8, 4) is 55.6 Å². The Bertz CT molecular complexity index is 3410. The van der Waals surface area contributed by atoms with E-state index in [2.05, 4.69) is 278 Å². The second kappa shape index (κ2) is 16.6. The zero-order chi connectivity index (χ0) is 43.9. The van der Waals surface area contributed by atoms with Gasteiger partial charge in [0.15, 0.2) is 0 Å². The smallest absolute Gasteiger partial charge is 0.0720 e. The molecule has 0 aliphatic heterocycles. The second-order valence-electron chi connectivity index (χ2n) is 17.2. The summed E-state index contributed by atoms with van der Waals surface area (Å²) in [7, 11) is 0. The van der Waals surface area contributed by atoms with Gasteiger partial charge in [-0.3, -0.25) is 0 Å². The SMILES string of the molecule is c1ccc(-c2ccc(-c3ccc(N(c4ccc(-c5ccccc5)cc4)c4cc5ccccc5c5c4-c4ccc(-c6ccccc6)cc4C5(c4ccccc4)c4ccccc4)cc3)cc2)cc1. The summed E-state index contributed by atoms with van der Waals surface area (Å²) in [5, 5.41) is 2.44. The molecule has 1 nitrogen and oxygen atoms in total. The Balaban J connectivity index is 1.12. The molecule has 310 valence electrons. The fraction of sp³-hybridized carbons (Fsp3) is 0.0154. The van der Waals surface area contributed by atoms with E-state index in [4.69, 9.17) is 0 Å². The Kier molecular flexibility index (Phi) is 9.81. The highest BCUT2D eigenvalue weighted by Crippen LogP contribution is 2.62. The van der Waals surface area contributed by atoms with E-state index >= 15 is 0 Å². The van der Waals surface area contributed by atoms with Crippen molar-refractivity contribution < 1.29 is 0 Å². The Morgan fingerprint density at radius 1 is 0.288 bits per heavy atom. The van der Waals surface area contributed by atoms with Crippen LogP contribution in [-0.4, -0.2) is 0 Å². The van der Waals surface area contributed by atoms with Crippen LogP contribution in [0.4, 0.5) is 17.1 Å². The van der Waals surface area contributed by atoms with Crippen LogP contribution < -0.4 is 4.90 Å². The van der Waals surface area contributed by atoms with E-state index in [1.165, 1.54) is 88.7 Å². The Morgan fingerprint density at radius 2 is 0.652 bits per heavy atom. The molecule has 11 aromatic carbocycles. The number of hydrogen-bond donors (Lipinski definition) is 0. The lowest BCUT2D eigenvalue weighted by molar-refractivity contribution is 0.775. The first-order chi connectivity index (χ1) is 32.7. The highest BCUT2D eigenvalue weighted by Gasteiger charge is 2.49. The lowest BCUT2D eigenvalue weighted by Gasteiger charge is -2.35. The maximum atomic E-state index is 2.49. The summed E-state index contributed by atoms with van der Waals surface area (Å²) in [6.45, 7) is 0. The first kappa shape index (κ1) is 39.1. The Morgan fingerprint density at radius 3 is 1.12 bits per heavy atom. The van der Waals surface area contributed by atoms with Gasteiger partial charge in [0.2, 0.25) is 0 Å². The van der Waals surface area contributed by atoms with E-state index < -0.39 is 5.41 Å². The van der Waals surface area contributed by atoms with Gasteiger partial charge in [0, 0.05) is 16.9 Å². The van der Waals surface area contributed by atoms with Crippen molar-refractivity contribution in [1.29, 1.82) is 0 Å². The summed E-state index contributed by atoms with van der Waals surface area (Å²) in [4.78, 5) is 2.49. The predicted molar refractivity (Wildman–Crippen MR) is 278 cm³/mol. The van der Waals surface area contributed by atoms with E-state index in [1.807, 2.05) is 0 Å². The summed E-state index contributed by atoms with van der Waals surface area (Å²) < 4.78 is 0. The molecule has 0 unspecified atom stereocenters. The number of hydrogen-bond acceptors (Lipinski definition) is 1. The van der Waals surface area contributed by atoms with Crippen LogP contribution in [0.25, 0.3) is 66.4 Å². The maximum absolute atomic E-state index is 2.49. The molecule has 0 spiro atoms. The zero-order valence-electron chi connectivity index (χ0n) is 36.4. The topological polar surface area (TPSA) is 3.24 Å². The first-order valence-corrected chi connectivity index (χ1v) is 22.8. The zero-order valence-corrected chi connectivity index (χ0v) is 36.4.